The predicted molar refractivity (Wildman–Crippen MR) is 223 cm³/mol. The monoisotopic (exact) mass is 883 g/mol. The molecule has 11 atom stereocenters. The third-order valence-corrected chi connectivity index (χ3v) is 13.7. The number of aliphatic hydroxyl groups is 3. The molecule has 2 saturated carbocycles. The fraction of sp³-hybridized carbons (Fsp3) is 0.458. The molecule has 7 rings (SSSR count). The van der Waals surface area contributed by atoms with Crippen LogP contribution in [-0.2, 0) is 54.2 Å². The van der Waals surface area contributed by atoms with E-state index in [2.05, 4.69) is 5.32 Å². The topological polar surface area (TPSA) is 231 Å². The van der Waals surface area contributed by atoms with Crippen molar-refractivity contribution >= 4 is 35.8 Å². The number of rotatable bonds is 11. The molecular weight excluding hydrogens is 831 g/mol. The van der Waals surface area contributed by atoms with E-state index in [1.54, 1.807) is 92.7 Å². The van der Waals surface area contributed by atoms with Gasteiger partial charge in [-0.25, -0.2) is 14.4 Å². The van der Waals surface area contributed by atoms with E-state index in [0.717, 1.165) is 13.8 Å². The van der Waals surface area contributed by atoms with Gasteiger partial charge in [-0.05, 0) is 42.7 Å². The van der Waals surface area contributed by atoms with Crippen LogP contribution >= 0.6 is 0 Å². The highest BCUT2D eigenvalue weighted by atomic mass is 16.6. The average Bonchev–Trinajstić information content (AvgIpc) is 3.26. The first-order chi connectivity index (χ1) is 30.3. The van der Waals surface area contributed by atoms with Crippen LogP contribution in [0.25, 0.3) is 0 Å². The molecule has 340 valence electrons. The molecule has 1 unspecified atom stereocenters. The van der Waals surface area contributed by atoms with E-state index in [-0.39, 0.29) is 36.5 Å². The Bertz CT molecular complexity index is 2320. The predicted octanol–water partition coefficient (Wildman–Crippen LogP) is 4.44. The van der Waals surface area contributed by atoms with Crippen LogP contribution in [0.4, 0.5) is 4.79 Å². The zero-order valence-electron chi connectivity index (χ0n) is 36.3. The molecular formula is C48H53NO15. The second kappa shape index (κ2) is 17.6. The van der Waals surface area contributed by atoms with Gasteiger partial charge in [0, 0.05) is 38.0 Å². The number of carbonyl (C=O) groups excluding carboxylic acids is 6. The van der Waals surface area contributed by atoms with Gasteiger partial charge in [0.2, 0.25) is 0 Å². The summed E-state index contributed by atoms with van der Waals surface area (Å²) in [7, 11) is 0. The molecule has 0 radical (unpaired) electrons. The number of ether oxygens (including phenoxy) is 6. The third-order valence-electron chi connectivity index (χ3n) is 13.7. The lowest BCUT2D eigenvalue weighted by molar-refractivity contribution is -0.349. The van der Waals surface area contributed by atoms with Gasteiger partial charge in [0.1, 0.15) is 30.2 Å². The number of esters is 4. The Balaban J connectivity index is 1.34. The Kier molecular flexibility index (Phi) is 12.6. The molecule has 0 aromatic heterocycles. The number of fused-ring (bicyclic) bond motifs is 5. The van der Waals surface area contributed by atoms with Crippen molar-refractivity contribution in [1.82, 2.24) is 5.32 Å². The SMILES string of the molecule is CC(=O)O[C@H]1C(=O)[C@@]2(C)[C@H]([C@H](OC(=O)c3ccccc3)[C@]3(O)CC(OC(=O)[C@H](O)[C@@H](NC(=O)OCc4ccccc4)c4ccccc4)=C(C)C1C3(C)C)[C@]1(OC(C)=O)CO[C@@H]1C[C@@H]2O. The average molecular weight is 884 g/mol. The molecule has 1 aliphatic heterocycles. The summed E-state index contributed by atoms with van der Waals surface area (Å²) in [6.45, 7) is 7.87. The zero-order chi connectivity index (χ0) is 46.4. The van der Waals surface area contributed by atoms with Gasteiger partial charge in [0.05, 0.1) is 35.6 Å². The van der Waals surface area contributed by atoms with Crippen molar-refractivity contribution in [3.8, 4) is 0 Å². The van der Waals surface area contributed by atoms with Gasteiger partial charge in [-0.1, -0.05) is 92.7 Å². The van der Waals surface area contributed by atoms with Crippen LogP contribution in [0, 0.1) is 22.7 Å². The minimum atomic E-state index is -2.41. The second-order valence-electron chi connectivity index (χ2n) is 17.8. The molecule has 2 bridgehead atoms. The lowest BCUT2D eigenvalue weighted by Gasteiger charge is -2.67. The number of alkyl carbamates (subject to hydrolysis) is 1. The molecule has 0 spiro atoms. The van der Waals surface area contributed by atoms with E-state index in [4.69, 9.17) is 28.4 Å². The van der Waals surface area contributed by atoms with Crippen molar-refractivity contribution in [2.45, 2.75) is 109 Å². The van der Waals surface area contributed by atoms with Crippen LogP contribution in [-0.4, -0.2) is 99.4 Å². The summed E-state index contributed by atoms with van der Waals surface area (Å²) >= 11 is 0. The molecule has 1 saturated heterocycles. The fourth-order valence-corrected chi connectivity index (χ4v) is 10.4. The number of hydrogen-bond acceptors (Lipinski definition) is 15. The molecule has 4 N–H and O–H groups in total. The molecule has 3 aromatic rings. The Labute approximate surface area is 369 Å². The summed E-state index contributed by atoms with van der Waals surface area (Å²) in [4.78, 5) is 83.3. The summed E-state index contributed by atoms with van der Waals surface area (Å²) < 4.78 is 35.6. The molecule has 4 aliphatic rings. The van der Waals surface area contributed by atoms with E-state index in [1.807, 2.05) is 0 Å². The smallest absolute Gasteiger partial charge is 0.408 e. The maximum atomic E-state index is 15.5. The number of aliphatic hydroxyl groups excluding tert-OH is 2. The summed E-state index contributed by atoms with van der Waals surface area (Å²) in [6, 6.07) is 23.4. The number of benzene rings is 3. The summed E-state index contributed by atoms with van der Waals surface area (Å²) in [5.41, 5.74) is -6.64. The van der Waals surface area contributed by atoms with Crippen molar-refractivity contribution in [3.05, 3.63) is 119 Å². The first-order valence-electron chi connectivity index (χ1n) is 21.1. The highest BCUT2D eigenvalue weighted by Crippen LogP contribution is 2.65. The zero-order valence-corrected chi connectivity index (χ0v) is 36.3. The van der Waals surface area contributed by atoms with E-state index >= 15 is 4.79 Å². The third kappa shape index (κ3) is 7.97. The van der Waals surface area contributed by atoms with E-state index < -0.39 is 113 Å². The van der Waals surface area contributed by atoms with Gasteiger partial charge in [0.15, 0.2) is 23.6 Å². The maximum Gasteiger partial charge on any atom is 0.408 e. The molecule has 3 aliphatic carbocycles. The summed E-state index contributed by atoms with van der Waals surface area (Å²) in [6.07, 6.45) is -10.1. The Hall–Kier alpha value is -5.94. The first kappa shape index (κ1) is 46.1. The largest absolute Gasteiger partial charge is 0.455 e. The molecule has 3 aromatic carbocycles. The second-order valence-corrected chi connectivity index (χ2v) is 17.8. The number of ketones is 1. The minimum absolute atomic E-state index is 0.0618. The van der Waals surface area contributed by atoms with Crippen LogP contribution in [0.5, 0.6) is 0 Å². The van der Waals surface area contributed by atoms with Gasteiger partial charge in [-0.3, -0.25) is 14.4 Å². The number of carbonyl (C=O) groups is 6. The van der Waals surface area contributed by atoms with Crippen molar-refractivity contribution < 1.29 is 72.5 Å². The Morgan fingerprint density at radius 1 is 0.875 bits per heavy atom. The van der Waals surface area contributed by atoms with Gasteiger partial charge < -0.3 is 49.1 Å². The highest BCUT2D eigenvalue weighted by molar-refractivity contribution is 5.93. The number of Topliss-reactive ketones (excluding diaryl/α,β-unsaturated/α-hetero) is 1. The maximum absolute atomic E-state index is 15.5. The molecule has 64 heavy (non-hydrogen) atoms. The van der Waals surface area contributed by atoms with Crippen LogP contribution in [0.3, 0.4) is 0 Å². The number of hydrogen-bond donors (Lipinski definition) is 4. The summed E-state index contributed by atoms with van der Waals surface area (Å²) in [5, 5.41) is 40.1. The first-order valence-corrected chi connectivity index (χ1v) is 21.1. The number of amides is 1. The van der Waals surface area contributed by atoms with Crippen molar-refractivity contribution in [1.29, 1.82) is 0 Å². The van der Waals surface area contributed by atoms with Crippen LogP contribution < -0.4 is 5.32 Å². The van der Waals surface area contributed by atoms with Crippen LogP contribution in [0.1, 0.15) is 81.9 Å². The lowest BCUT2D eigenvalue weighted by Crippen LogP contribution is -2.82. The van der Waals surface area contributed by atoms with Gasteiger partial charge in [-0.2, -0.15) is 0 Å². The summed E-state index contributed by atoms with van der Waals surface area (Å²) in [5.74, 6) is -7.92. The van der Waals surface area contributed by atoms with Crippen molar-refractivity contribution in [2.24, 2.45) is 22.7 Å². The normalized spacial score (nSPS) is 31.2. The highest BCUT2D eigenvalue weighted by Gasteiger charge is 2.79. The van der Waals surface area contributed by atoms with Crippen LogP contribution in [0.15, 0.2) is 102 Å². The van der Waals surface area contributed by atoms with E-state index in [9.17, 15) is 39.3 Å². The van der Waals surface area contributed by atoms with Crippen LogP contribution in [0.2, 0.25) is 0 Å². The van der Waals surface area contributed by atoms with E-state index in [0.29, 0.717) is 11.1 Å². The Morgan fingerprint density at radius 3 is 2.06 bits per heavy atom. The standard InChI is InChI=1S/C48H53NO15/c1-26-32(62-43(56)37(53)36(30-18-12-8-13-19-30)49-44(57)59-24-29-16-10-7-11-17-29)23-48(58)41(63-42(55)31-20-14-9-15-21-31)39-46(6,33(52)22-34-47(39,25-60-34)64-28(3)51)40(54)38(61-27(2)50)35(26)45(48,4)5/h7-21,33-39,41,52-53,58H,22-25H2,1-6H3,(H,49,57)/t33-,34+,35?,36-,37+,38+,39-,41-,46+,47-,48+/m0/s1. The lowest BCUT2D eigenvalue weighted by atomic mass is 9.43. The quantitative estimate of drug-likeness (QED) is 0.154. The molecule has 3 fully saturated rings. The van der Waals surface area contributed by atoms with Gasteiger partial charge in [0.25, 0.3) is 0 Å². The molecule has 1 amide bonds. The van der Waals surface area contributed by atoms with Crippen molar-refractivity contribution in [3.63, 3.8) is 0 Å². The number of nitrogens with one attached hydrogen (secondary N) is 1. The van der Waals surface area contributed by atoms with Gasteiger partial charge in [-0.15, -0.1) is 0 Å². The Morgan fingerprint density at radius 2 is 1.48 bits per heavy atom. The van der Waals surface area contributed by atoms with Gasteiger partial charge >= 0.3 is 30.0 Å². The van der Waals surface area contributed by atoms with E-state index in [1.165, 1.54) is 26.0 Å². The molecule has 16 nitrogen and oxygen atoms in total. The molecule has 16 heteroatoms. The fourth-order valence-electron chi connectivity index (χ4n) is 10.4. The molecule has 1 heterocycles. The van der Waals surface area contributed by atoms with Crippen molar-refractivity contribution in [2.75, 3.05) is 6.61 Å². The minimum Gasteiger partial charge on any atom is -0.455 e.